The third-order valence-electron chi connectivity index (χ3n) is 1.31. The van der Waals surface area contributed by atoms with E-state index in [4.69, 9.17) is 40.5 Å². The molecule has 0 aromatic heterocycles. The second-order valence-corrected chi connectivity index (χ2v) is 3.53. The summed E-state index contributed by atoms with van der Waals surface area (Å²) in [5.74, 6) is 0. The van der Waals surface area contributed by atoms with Crippen LogP contribution in [-0.4, -0.2) is 0 Å². The van der Waals surface area contributed by atoms with Crippen molar-refractivity contribution in [1.82, 2.24) is 0 Å². The Morgan fingerprint density at radius 3 is 2.33 bits per heavy atom. The molecule has 0 aliphatic heterocycles. The Labute approximate surface area is 85.7 Å². The number of anilines is 1. The van der Waals surface area contributed by atoms with Crippen LogP contribution in [0.1, 0.15) is 5.56 Å². The van der Waals surface area contributed by atoms with Crippen LogP contribution in [0.3, 0.4) is 0 Å². The Morgan fingerprint density at radius 2 is 1.83 bits per heavy atom. The Bertz CT molecular complexity index is 316. The van der Waals surface area contributed by atoms with Crippen LogP contribution in [0.5, 0.6) is 0 Å². The van der Waals surface area contributed by atoms with E-state index in [1.165, 1.54) is 0 Å². The second kappa shape index (κ2) is 4.04. The number of benzene rings is 1. The van der Waals surface area contributed by atoms with Crippen molar-refractivity contribution in [2.24, 2.45) is 0 Å². The second-order valence-electron chi connectivity index (χ2n) is 2.20. The molecule has 12 heavy (non-hydrogen) atoms. The molecule has 4 heteroatoms. The van der Waals surface area contributed by atoms with E-state index < -0.39 is 0 Å². The lowest BCUT2D eigenvalue weighted by molar-refractivity contribution is 1.63. The molecule has 0 atom stereocenters. The summed E-state index contributed by atoms with van der Waals surface area (Å²) >= 11 is 16.7. The minimum absolute atomic E-state index is 0.0438. The van der Waals surface area contributed by atoms with Crippen LogP contribution < -0.4 is 5.73 Å². The zero-order valence-corrected chi connectivity index (χ0v) is 8.29. The molecule has 0 saturated heterocycles. The third kappa shape index (κ3) is 2.31. The lowest BCUT2D eigenvalue weighted by atomic mass is 10.2. The molecule has 0 aliphatic rings. The fourth-order valence-electron chi connectivity index (χ4n) is 0.784. The van der Waals surface area contributed by atoms with Crippen molar-refractivity contribution in [3.05, 3.63) is 34.3 Å². The molecule has 0 heterocycles. The molecule has 2 N–H and O–H groups in total. The number of hydrogen-bond donors (Lipinski definition) is 1. The summed E-state index contributed by atoms with van der Waals surface area (Å²) in [7, 11) is 0. The molecule has 0 fully saturated rings. The monoisotopic (exact) mass is 221 g/mol. The standard InChI is InChI=1S/C8H6Cl3N/c9-7(8(10)11)5-2-1-3-6(12)4-5/h1-4H,12H2. The van der Waals surface area contributed by atoms with Crippen LogP contribution in [0.15, 0.2) is 28.8 Å². The van der Waals surface area contributed by atoms with Gasteiger partial charge in [0.15, 0.2) is 0 Å². The van der Waals surface area contributed by atoms with E-state index >= 15 is 0 Å². The van der Waals surface area contributed by atoms with Crippen molar-refractivity contribution in [3.8, 4) is 0 Å². The Hall–Kier alpha value is -0.370. The van der Waals surface area contributed by atoms with Crippen molar-refractivity contribution in [2.45, 2.75) is 0 Å². The van der Waals surface area contributed by atoms with E-state index in [2.05, 4.69) is 0 Å². The maximum atomic E-state index is 5.77. The van der Waals surface area contributed by atoms with Gasteiger partial charge >= 0.3 is 0 Å². The highest BCUT2D eigenvalue weighted by atomic mass is 35.5. The number of halogens is 3. The van der Waals surface area contributed by atoms with Crippen LogP contribution in [0.4, 0.5) is 5.69 Å². The first kappa shape index (κ1) is 9.72. The summed E-state index contributed by atoms with van der Waals surface area (Å²) in [6.07, 6.45) is 0. The number of nitrogen functional groups attached to an aromatic ring is 1. The lowest BCUT2D eigenvalue weighted by Crippen LogP contribution is -1.85. The third-order valence-corrected chi connectivity index (χ3v) is 2.28. The van der Waals surface area contributed by atoms with Crippen molar-refractivity contribution in [2.75, 3.05) is 5.73 Å². The summed E-state index contributed by atoms with van der Waals surface area (Å²) in [5.41, 5.74) is 6.87. The first-order valence-electron chi connectivity index (χ1n) is 3.18. The van der Waals surface area contributed by atoms with Crippen molar-refractivity contribution in [1.29, 1.82) is 0 Å². The van der Waals surface area contributed by atoms with Gasteiger partial charge in [0.1, 0.15) is 4.49 Å². The van der Waals surface area contributed by atoms with Crippen LogP contribution >= 0.6 is 34.8 Å². The topological polar surface area (TPSA) is 26.0 Å². The molecule has 1 rings (SSSR count). The van der Waals surface area contributed by atoms with Gasteiger partial charge in [-0.2, -0.15) is 0 Å². The summed E-state index contributed by atoms with van der Waals surface area (Å²) in [6, 6.07) is 7.02. The van der Waals surface area contributed by atoms with E-state index in [9.17, 15) is 0 Å². The van der Waals surface area contributed by atoms with Gasteiger partial charge in [0.25, 0.3) is 0 Å². The minimum atomic E-state index is 0.0438. The Balaban J connectivity index is 3.13. The fraction of sp³-hybridized carbons (Fsp3) is 0. The minimum Gasteiger partial charge on any atom is -0.399 e. The fourth-order valence-corrected chi connectivity index (χ4v) is 1.12. The van der Waals surface area contributed by atoms with Crippen molar-refractivity contribution >= 4 is 45.5 Å². The first-order valence-corrected chi connectivity index (χ1v) is 4.31. The summed E-state index contributed by atoms with van der Waals surface area (Å²) in [5, 5.41) is 0.311. The van der Waals surface area contributed by atoms with Crippen LogP contribution in [0.2, 0.25) is 0 Å². The highest BCUT2D eigenvalue weighted by molar-refractivity contribution is 6.66. The predicted octanol–water partition coefficient (Wildman–Crippen LogP) is 3.61. The largest absolute Gasteiger partial charge is 0.399 e. The first-order chi connectivity index (χ1) is 5.61. The van der Waals surface area contributed by atoms with E-state index in [0.717, 1.165) is 5.56 Å². The van der Waals surface area contributed by atoms with E-state index in [-0.39, 0.29) is 4.49 Å². The van der Waals surface area contributed by atoms with Crippen LogP contribution in [0.25, 0.3) is 5.03 Å². The van der Waals surface area contributed by atoms with Crippen LogP contribution in [0, 0.1) is 0 Å². The molecular formula is C8H6Cl3N. The quantitative estimate of drug-likeness (QED) is 0.722. The Kier molecular flexibility index (Phi) is 3.27. The van der Waals surface area contributed by atoms with Gasteiger partial charge in [0.05, 0.1) is 5.03 Å². The van der Waals surface area contributed by atoms with E-state index in [1.54, 1.807) is 24.3 Å². The molecule has 0 spiro atoms. The van der Waals surface area contributed by atoms with E-state index in [1.807, 2.05) is 0 Å². The van der Waals surface area contributed by atoms with Gasteiger partial charge in [-0.15, -0.1) is 0 Å². The number of hydrogen-bond acceptors (Lipinski definition) is 1. The average molecular weight is 223 g/mol. The molecular weight excluding hydrogens is 216 g/mol. The maximum absolute atomic E-state index is 5.77. The molecule has 0 saturated carbocycles. The molecule has 0 bridgehead atoms. The van der Waals surface area contributed by atoms with E-state index in [0.29, 0.717) is 10.7 Å². The molecule has 1 aromatic rings. The lowest BCUT2D eigenvalue weighted by Gasteiger charge is -1.99. The average Bonchev–Trinajstić information content (AvgIpc) is 2.03. The molecule has 1 nitrogen and oxygen atoms in total. The molecule has 0 radical (unpaired) electrons. The smallest absolute Gasteiger partial charge is 0.126 e. The number of rotatable bonds is 1. The molecule has 0 amide bonds. The van der Waals surface area contributed by atoms with Crippen molar-refractivity contribution in [3.63, 3.8) is 0 Å². The zero-order chi connectivity index (χ0) is 9.14. The summed E-state index contributed by atoms with van der Waals surface area (Å²) < 4.78 is 0.0438. The van der Waals surface area contributed by atoms with Gasteiger partial charge in [0, 0.05) is 5.69 Å². The molecule has 0 unspecified atom stereocenters. The van der Waals surface area contributed by atoms with Crippen molar-refractivity contribution < 1.29 is 0 Å². The molecule has 0 aliphatic carbocycles. The molecule has 64 valence electrons. The zero-order valence-electron chi connectivity index (χ0n) is 6.02. The van der Waals surface area contributed by atoms with Gasteiger partial charge < -0.3 is 5.73 Å². The van der Waals surface area contributed by atoms with Crippen LogP contribution in [-0.2, 0) is 0 Å². The highest BCUT2D eigenvalue weighted by Gasteiger charge is 2.02. The summed E-state index contributed by atoms with van der Waals surface area (Å²) in [6.45, 7) is 0. The van der Waals surface area contributed by atoms with Gasteiger partial charge in [-0.05, 0) is 17.7 Å². The van der Waals surface area contributed by atoms with Gasteiger partial charge in [-0.3, -0.25) is 0 Å². The Morgan fingerprint density at radius 1 is 1.17 bits per heavy atom. The number of nitrogens with two attached hydrogens (primary N) is 1. The van der Waals surface area contributed by atoms with Gasteiger partial charge in [-0.25, -0.2) is 0 Å². The predicted molar refractivity (Wildman–Crippen MR) is 55.3 cm³/mol. The SMILES string of the molecule is Nc1cccc(C(Cl)=C(Cl)Cl)c1. The van der Waals surface area contributed by atoms with Gasteiger partial charge in [-0.1, -0.05) is 46.9 Å². The molecule has 1 aromatic carbocycles. The highest BCUT2D eigenvalue weighted by Crippen LogP contribution is 2.28. The summed E-state index contributed by atoms with van der Waals surface area (Å²) in [4.78, 5) is 0. The van der Waals surface area contributed by atoms with Gasteiger partial charge in [0.2, 0.25) is 0 Å². The normalized spacial score (nSPS) is 9.58. The maximum Gasteiger partial charge on any atom is 0.126 e.